The van der Waals surface area contributed by atoms with Gasteiger partial charge < -0.3 is 13.7 Å². The molecule has 1 aliphatic rings. The number of oxazole rings is 1. The van der Waals surface area contributed by atoms with Crippen molar-refractivity contribution < 1.29 is 13.4 Å². The molecule has 0 saturated carbocycles. The number of anilines is 1. The lowest BCUT2D eigenvalue weighted by Gasteiger charge is -2.38. The van der Waals surface area contributed by atoms with Gasteiger partial charge in [0.05, 0.1) is 31.7 Å². The Balaban J connectivity index is 1.19. The molecule has 41 heavy (non-hydrogen) atoms. The summed E-state index contributed by atoms with van der Waals surface area (Å²) < 4.78 is 17.3. The highest BCUT2D eigenvalue weighted by Crippen LogP contribution is 2.42. The first-order valence-corrected chi connectivity index (χ1v) is 17.1. The number of aryl methyl sites for hydroxylation is 1. The molecule has 5 aromatic rings. The summed E-state index contributed by atoms with van der Waals surface area (Å²) in [5, 5.41) is 6.73. The molecule has 0 spiro atoms. The average molecular weight is 570 g/mol. The number of fused-ring (bicyclic) bond motifs is 1. The second-order valence-electron chi connectivity index (χ2n) is 12.3. The number of benzene rings is 1. The van der Waals surface area contributed by atoms with Crippen molar-refractivity contribution in [3.05, 3.63) is 90.8 Å². The fraction of sp³-hybridized carbons (Fsp3) is 0.387. The van der Waals surface area contributed by atoms with Crippen LogP contribution in [0.15, 0.2) is 77.9 Å². The largest absolute Gasteiger partial charge is 0.425 e. The topological polar surface area (TPSA) is 68.6 Å². The molecule has 9 nitrogen and oxygen atoms in total. The number of hydrogen-bond donors (Lipinski definition) is 0. The predicted octanol–water partition coefficient (Wildman–Crippen LogP) is 4.98. The number of hydrogen-bond acceptors (Lipinski definition) is 6. The van der Waals surface area contributed by atoms with Crippen LogP contribution in [0, 0.1) is 6.07 Å². The van der Waals surface area contributed by atoms with Crippen molar-refractivity contribution in [1.82, 2.24) is 19.6 Å². The van der Waals surface area contributed by atoms with E-state index in [9.17, 15) is 0 Å². The standard InChI is InChI=1S/C31H39N7O2Si/c1-31(2,3)41(5,6)40-29(24-10-8-7-9-11-24)28-21-32-30(39-28)35-16-18-36(19-17-35)38-15-14-27-13-12-25(23-37(27)38)26-20-33-34(4)22-26/h7-12,14-15,20-23,29H,16-19H2,1-6H3/q+1. The number of rotatable bonds is 7. The van der Waals surface area contributed by atoms with Crippen LogP contribution in [-0.4, -0.2) is 54.1 Å². The molecule has 1 aliphatic heterocycles. The zero-order chi connectivity index (χ0) is 28.8. The Kier molecular flexibility index (Phi) is 6.99. The fourth-order valence-corrected chi connectivity index (χ4v) is 6.14. The van der Waals surface area contributed by atoms with Crippen molar-refractivity contribution in [2.45, 2.75) is 45.0 Å². The van der Waals surface area contributed by atoms with Gasteiger partial charge in [0.2, 0.25) is 0 Å². The minimum absolute atomic E-state index is 0.0797. The third kappa shape index (κ3) is 5.41. The molecule has 0 amide bonds. The molecule has 0 aliphatic carbocycles. The Morgan fingerprint density at radius 2 is 1.78 bits per heavy atom. The van der Waals surface area contributed by atoms with Crippen molar-refractivity contribution in [2.24, 2.45) is 7.05 Å². The van der Waals surface area contributed by atoms with Crippen molar-refractivity contribution >= 4 is 19.8 Å². The first-order chi connectivity index (χ1) is 19.6. The summed E-state index contributed by atoms with van der Waals surface area (Å²) in [7, 11) is -0.140. The molecule has 1 saturated heterocycles. The van der Waals surface area contributed by atoms with E-state index in [0.717, 1.165) is 54.1 Å². The Labute approximate surface area is 242 Å². The van der Waals surface area contributed by atoms with Gasteiger partial charge in [-0.2, -0.15) is 10.1 Å². The second kappa shape index (κ2) is 10.5. The lowest BCUT2D eigenvalue weighted by Crippen LogP contribution is -2.56. The lowest BCUT2D eigenvalue weighted by molar-refractivity contribution is -0.609. The van der Waals surface area contributed by atoms with Gasteiger partial charge in [0, 0.05) is 36.5 Å². The smallest absolute Gasteiger partial charge is 0.297 e. The van der Waals surface area contributed by atoms with Gasteiger partial charge in [-0.3, -0.25) is 4.68 Å². The van der Waals surface area contributed by atoms with Crippen LogP contribution in [0.3, 0.4) is 0 Å². The molecule has 0 bridgehead atoms. The molecule has 1 fully saturated rings. The van der Waals surface area contributed by atoms with Gasteiger partial charge in [-0.05, 0) is 29.8 Å². The van der Waals surface area contributed by atoms with Crippen LogP contribution in [-0.2, 0) is 11.5 Å². The summed E-state index contributed by atoms with van der Waals surface area (Å²) in [6, 6.07) is 18.5. The Hall–Kier alpha value is -3.89. The van der Waals surface area contributed by atoms with Crippen LogP contribution in [0.4, 0.5) is 6.01 Å². The van der Waals surface area contributed by atoms with Gasteiger partial charge in [0.25, 0.3) is 6.01 Å². The van der Waals surface area contributed by atoms with Gasteiger partial charge in [-0.15, -0.1) is 4.52 Å². The highest BCUT2D eigenvalue weighted by atomic mass is 28.4. The molecular formula is C31H39N7O2Si+. The maximum absolute atomic E-state index is 6.89. The van der Waals surface area contributed by atoms with Crippen LogP contribution in [0.5, 0.6) is 0 Å². The summed E-state index contributed by atoms with van der Waals surface area (Å²) in [6.07, 6.45) is 9.70. The third-order valence-corrected chi connectivity index (χ3v) is 12.9. The molecule has 1 unspecified atom stereocenters. The molecule has 1 atom stereocenters. The molecule has 5 heterocycles. The fourth-order valence-electron chi connectivity index (χ4n) is 4.94. The summed E-state index contributed by atoms with van der Waals surface area (Å²) in [5.41, 5.74) is 4.26. The molecule has 10 heteroatoms. The first-order valence-electron chi connectivity index (χ1n) is 14.2. The van der Waals surface area contributed by atoms with E-state index in [2.05, 4.69) is 94.8 Å². The van der Waals surface area contributed by atoms with Gasteiger partial charge in [-0.1, -0.05) is 55.9 Å². The van der Waals surface area contributed by atoms with Crippen LogP contribution < -0.4 is 14.4 Å². The normalized spacial score (nSPS) is 15.6. The highest BCUT2D eigenvalue weighted by molar-refractivity contribution is 6.74. The number of nitrogens with zero attached hydrogens (tertiary/aromatic N) is 7. The summed E-state index contributed by atoms with van der Waals surface area (Å²) in [5.74, 6) is 0.754. The van der Waals surface area contributed by atoms with Crippen LogP contribution >= 0.6 is 0 Å². The van der Waals surface area contributed by atoms with Crippen LogP contribution in [0.1, 0.15) is 38.2 Å². The Morgan fingerprint density at radius 1 is 1.02 bits per heavy atom. The molecule has 1 radical (unpaired) electrons. The van der Waals surface area contributed by atoms with Crippen molar-refractivity contribution in [3.63, 3.8) is 0 Å². The van der Waals surface area contributed by atoms with Crippen LogP contribution in [0.2, 0.25) is 18.1 Å². The molecule has 0 N–H and O–H groups in total. The van der Waals surface area contributed by atoms with Crippen molar-refractivity contribution in [3.8, 4) is 11.1 Å². The number of piperazine rings is 1. The zero-order valence-corrected chi connectivity index (χ0v) is 25.8. The minimum Gasteiger partial charge on any atom is -0.425 e. The number of pyridine rings is 1. The van der Waals surface area contributed by atoms with E-state index in [1.54, 1.807) is 0 Å². The quantitative estimate of drug-likeness (QED) is 0.203. The van der Waals surface area contributed by atoms with E-state index in [1.165, 1.54) is 0 Å². The van der Waals surface area contributed by atoms with E-state index < -0.39 is 8.32 Å². The Bertz CT molecular complexity index is 1620. The maximum Gasteiger partial charge on any atom is 0.297 e. The van der Waals surface area contributed by atoms with Gasteiger partial charge in [0.15, 0.2) is 19.6 Å². The van der Waals surface area contributed by atoms with E-state index in [1.807, 2.05) is 54.6 Å². The monoisotopic (exact) mass is 569 g/mol. The van der Waals surface area contributed by atoms with Crippen molar-refractivity contribution in [2.75, 3.05) is 36.1 Å². The SMILES string of the molecule is Cn1cc(-c2c[c]c3ccn(N4CCN(c5ncc(C(O[Si](C)(C)C(C)(C)C)c6ccccc6)o5)CC4)[n+]3c2)cn1. The molecule has 1 aromatic carbocycles. The van der Waals surface area contributed by atoms with E-state index in [-0.39, 0.29) is 11.1 Å². The first kappa shape index (κ1) is 27.3. The molecular weight excluding hydrogens is 530 g/mol. The van der Waals surface area contributed by atoms with E-state index in [4.69, 9.17) is 13.8 Å². The summed E-state index contributed by atoms with van der Waals surface area (Å²) in [4.78, 5) is 9.10. The highest BCUT2D eigenvalue weighted by Gasteiger charge is 2.41. The minimum atomic E-state index is -2.07. The van der Waals surface area contributed by atoms with Crippen molar-refractivity contribution in [1.29, 1.82) is 0 Å². The molecule has 213 valence electrons. The maximum atomic E-state index is 6.89. The average Bonchev–Trinajstić information content (AvgIpc) is 3.71. The van der Waals surface area contributed by atoms with Gasteiger partial charge in [-0.25, -0.2) is 4.98 Å². The number of aromatic nitrogens is 5. The predicted molar refractivity (Wildman–Crippen MR) is 162 cm³/mol. The van der Waals surface area contributed by atoms with E-state index >= 15 is 0 Å². The summed E-state index contributed by atoms with van der Waals surface area (Å²) >= 11 is 0. The van der Waals surface area contributed by atoms with E-state index in [0.29, 0.717) is 6.01 Å². The van der Waals surface area contributed by atoms with Crippen LogP contribution in [0.25, 0.3) is 16.6 Å². The summed E-state index contributed by atoms with van der Waals surface area (Å²) in [6.45, 7) is 14.6. The molecule has 4 aromatic heterocycles. The lowest BCUT2D eigenvalue weighted by atomic mass is 10.1. The zero-order valence-electron chi connectivity index (χ0n) is 24.8. The molecule has 6 rings (SSSR count). The Morgan fingerprint density at radius 3 is 2.46 bits per heavy atom. The van der Waals surface area contributed by atoms with Gasteiger partial charge in [0.1, 0.15) is 25.4 Å². The van der Waals surface area contributed by atoms with Gasteiger partial charge >= 0.3 is 0 Å². The second-order valence-corrected chi connectivity index (χ2v) is 17.1. The third-order valence-electron chi connectivity index (χ3n) is 8.42.